The van der Waals surface area contributed by atoms with E-state index in [9.17, 15) is 4.79 Å². The van der Waals surface area contributed by atoms with Crippen molar-refractivity contribution in [1.29, 1.82) is 0 Å². The molecule has 1 aromatic rings. The Kier molecular flexibility index (Phi) is 5.83. The summed E-state index contributed by atoms with van der Waals surface area (Å²) in [5.41, 5.74) is 1.88. The van der Waals surface area contributed by atoms with Gasteiger partial charge in [0.2, 0.25) is 0 Å². The predicted molar refractivity (Wildman–Crippen MR) is 96.1 cm³/mol. The Morgan fingerprint density at radius 3 is 2.92 bits per heavy atom. The summed E-state index contributed by atoms with van der Waals surface area (Å²) in [5.74, 6) is 1.44. The molecule has 2 aliphatic rings. The maximum Gasteiger partial charge on any atom is 0.271 e. The van der Waals surface area contributed by atoms with Gasteiger partial charge in [0.25, 0.3) is 5.91 Å². The van der Waals surface area contributed by atoms with E-state index in [1.807, 2.05) is 6.07 Å². The summed E-state index contributed by atoms with van der Waals surface area (Å²) in [4.78, 5) is 14.4. The van der Waals surface area contributed by atoms with Crippen LogP contribution in [0.2, 0.25) is 0 Å². The van der Waals surface area contributed by atoms with Crippen molar-refractivity contribution in [3.63, 3.8) is 0 Å². The molecule has 5 nitrogen and oxygen atoms in total. The molecule has 5 heteroatoms. The minimum Gasteiger partial charge on any atom is -0.355 e. The average Bonchev–Trinajstić information content (AvgIpc) is 2.63. The third-order valence-electron chi connectivity index (χ3n) is 4.98. The van der Waals surface area contributed by atoms with Gasteiger partial charge in [-0.15, -0.1) is 10.2 Å². The minimum absolute atomic E-state index is 0.127. The lowest BCUT2D eigenvalue weighted by atomic mass is 9.97. The zero-order valence-electron chi connectivity index (χ0n) is 14.6. The van der Waals surface area contributed by atoms with Gasteiger partial charge in [0.05, 0.1) is 0 Å². The van der Waals surface area contributed by atoms with Crippen LogP contribution >= 0.6 is 0 Å². The van der Waals surface area contributed by atoms with Gasteiger partial charge in [0.1, 0.15) is 0 Å². The van der Waals surface area contributed by atoms with Crippen LogP contribution in [0.1, 0.15) is 62.4 Å². The van der Waals surface area contributed by atoms with Crippen LogP contribution in [0.5, 0.6) is 0 Å². The minimum atomic E-state index is -0.127. The number of allylic oxidation sites excluding steroid dienone is 1. The summed E-state index contributed by atoms with van der Waals surface area (Å²) in [6, 6.07) is 3.71. The first-order valence-corrected chi connectivity index (χ1v) is 9.27. The summed E-state index contributed by atoms with van der Waals surface area (Å²) >= 11 is 0. The summed E-state index contributed by atoms with van der Waals surface area (Å²) in [6.45, 7) is 5.00. The molecule has 3 rings (SSSR count). The van der Waals surface area contributed by atoms with Crippen molar-refractivity contribution in [2.24, 2.45) is 5.92 Å². The fourth-order valence-corrected chi connectivity index (χ4v) is 3.57. The Balaban J connectivity index is 1.49. The number of hydrogen-bond acceptors (Lipinski definition) is 4. The van der Waals surface area contributed by atoms with E-state index in [1.54, 1.807) is 6.07 Å². The van der Waals surface area contributed by atoms with E-state index in [-0.39, 0.29) is 5.91 Å². The third kappa shape index (κ3) is 4.56. The van der Waals surface area contributed by atoms with Crippen molar-refractivity contribution in [3.05, 3.63) is 29.5 Å². The summed E-state index contributed by atoms with van der Waals surface area (Å²) in [5, 5.41) is 11.3. The van der Waals surface area contributed by atoms with Gasteiger partial charge < -0.3 is 10.2 Å². The molecule has 1 aromatic heterocycles. The highest BCUT2D eigenvalue weighted by molar-refractivity contribution is 5.92. The molecule has 1 atom stereocenters. The second-order valence-corrected chi connectivity index (χ2v) is 7.08. The van der Waals surface area contributed by atoms with Crippen LogP contribution in [0.4, 0.5) is 5.82 Å². The monoisotopic (exact) mass is 328 g/mol. The van der Waals surface area contributed by atoms with Crippen LogP contribution in [0.25, 0.3) is 0 Å². The van der Waals surface area contributed by atoms with Crippen molar-refractivity contribution < 1.29 is 4.79 Å². The molecule has 0 bridgehead atoms. The van der Waals surface area contributed by atoms with E-state index in [1.165, 1.54) is 44.1 Å². The van der Waals surface area contributed by atoms with Gasteiger partial charge in [-0.3, -0.25) is 4.79 Å². The van der Waals surface area contributed by atoms with Crippen molar-refractivity contribution in [2.75, 3.05) is 24.5 Å². The molecule has 1 amide bonds. The molecule has 24 heavy (non-hydrogen) atoms. The highest BCUT2D eigenvalue weighted by atomic mass is 16.1. The van der Waals surface area contributed by atoms with Crippen LogP contribution in [0.15, 0.2) is 23.8 Å². The molecule has 0 saturated carbocycles. The fourth-order valence-electron chi connectivity index (χ4n) is 3.57. The number of amides is 1. The zero-order chi connectivity index (χ0) is 16.8. The molecule has 2 heterocycles. The quantitative estimate of drug-likeness (QED) is 0.842. The van der Waals surface area contributed by atoms with E-state index in [0.717, 1.165) is 25.3 Å². The van der Waals surface area contributed by atoms with Gasteiger partial charge in [-0.2, -0.15) is 0 Å². The van der Waals surface area contributed by atoms with Gasteiger partial charge in [-0.25, -0.2) is 0 Å². The van der Waals surface area contributed by atoms with Gasteiger partial charge in [0, 0.05) is 19.6 Å². The Bertz CT molecular complexity index is 582. The summed E-state index contributed by atoms with van der Waals surface area (Å²) < 4.78 is 0. The van der Waals surface area contributed by atoms with E-state index < -0.39 is 0 Å². The largest absolute Gasteiger partial charge is 0.355 e. The van der Waals surface area contributed by atoms with Crippen LogP contribution < -0.4 is 10.2 Å². The van der Waals surface area contributed by atoms with Crippen molar-refractivity contribution in [1.82, 2.24) is 15.5 Å². The summed E-state index contributed by atoms with van der Waals surface area (Å²) in [6.07, 6.45) is 10.7. The van der Waals surface area contributed by atoms with E-state index in [4.69, 9.17) is 0 Å². The molecule has 0 radical (unpaired) electrons. The SMILES string of the molecule is CC1CCCN(c2ccc(C(=O)NCCC3=CCCCC3)nn2)C1. The van der Waals surface area contributed by atoms with Crippen molar-refractivity contribution in [2.45, 2.75) is 51.9 Å². The van der Waals surface area contributed by atoms with E-state index in [2.05, 4.69) is 33.4 Å². The predicted octanol–water partition coefficient (Wildman–Crippen LogP) is 3.33. The average molecular weight is 328 g/mol. The van der Waals surface area contributed by atoms with Crippen LogP contribution in [-0.2, 0) is 0 Å². The van der Waals surface area contributed by atoms with E-state index in [0.29, 0.717) is 18.2 Å². The smallest absolute Gasteiger partial charge is 0.271 e. The zero-order valence-corrected chi connectivity index (χ0v) is 14.6. The first-order chi connectivity index (χ1) is 11.7. The highest BCUT2D eigenvalue weighted by Crippen LogP contribution is 2.21. The lowest BCUT2D eigenvalue weighted by Gasteiger charge is -2.31. The van der Waals surface area contributed by atoms with Crippen LogP contribution in [0.3, 0.4) is 0 Å². The Hall–Kier alpha value is -1.91. The number of piperidine rings is 1. The number of aromatic nitrogens is 2. The first kappa shape index (κ1) is 16.9. The maximum absolute atomic E-state index is 12.2. The number of hydrogen-bond donors (Lipinski definition) is 1. The van der Waals surface area contributed by atoms with Gasteiger partial charge in [-0.1, -0.05) is 18.6 Å². The number of nitrogens with zero attached hydrogens (tertiary/aromatic N) is 3. The van der Waals surface area contributed by atoms with E-state index >= 15 is 0 Å². The van der Waals surface area contributed by atoms with Crippen LogP contribution in [0, 0.1) is 5.92 Å². The Labute approximate surface area is 144 Å². The molecular weight excluding hydrogens is 300 g/mol. The molecule has 1 saturated heterocycles. The second-order valence-electron chi connectivity index (χ2n) is 7.08. The highest BCUT2D eigenvalue weighted by Gasteiger charge is 2.18. The Morgan fingerprint density at radius 1 is 1.29 bits per heavy atom. The molecule has 1 fully saturated rings. The van der Waals surface area contributed by atoms with Crippen molar-refractivity contribution in [3.8, 4) is 0 Å². The first-order valence-electron chi connectivity index (χ1n) is 9.27. The topological polar surface area (TPSA) is 58.1 Å². The van der Waals surface area contributed by atoms with Crippen LogP contribution in [-0.4, -0.2) is 35.7 Å². The number of carbonyl (C=O) groups is 1. The van der Waals surface area contributed by atoms with Gasteiger partial charge in [0.15, 0.2) is 11.5 Å². The molecule has 1 aliphatic heterocycles. The van der Waals surface area contributed by atoms with Gasteiger partial charge >= 0.3 is 0 Å². The molecule has 1 unspecified atom stereocenters. The number of nitrogens with one attached hydrogen (secondary N) is 1. The molecule has 1 aliphatic carbocycles. The fraction of sp³-hybridized carbons (Fsp3) is 0.632. The normalized spacial score (nSPS) is 21.3. The molecular formula is C19H28N4O. The molecule has 130 valence electrons. The number of carbonyl (C=O) groups excluding carboxylic acids is 1. The standard InChI is InChI=1S/C19H28N4O/c1-15-6-5-13-23(14-15)18-10-9-17(21-22-18)19(24)20-12-11-16-7-3-2-4-8-16/h7,9-10,15H,2-6,8,11-14H2,1H3,(H,20,24). The molecule has 0 aromatic carbocycles. The van der Waals surface area contributed by atoms with Gasteiger partial charge in [-0.05, 0) is 63.0 Å². The van der Waals surface area contributed by atoms with Crippen molar-refractivity contribution >= 4 is 11.7 Å². The lowest BCUT2D eigenvalue weighted by molar-refractivity contribution is 0.0948. The number of anilines is 1. The Morgan fingerprint density at radius 2 is 2.21 bits per heavy atom. The number of rotatable bonds is 5. The second kappa shape index (κ2) is 8.27. The summed E-state index contributed by atoms with van der Waals surface area (Å²) in [7, 11) is 0. The molecule has 1 N–H and O–H groups in total. The third-order valence-corrected chi connectivity index (χ3v) is 4.98. The molecule has 0 spiro atoms. The maximum atomic E-state index is 12.2. The lowest BCUT2D eigenvalue weighted by Crippen LogP contribution is -2.35.